The fourth-order valence-electron chi connectivity index (χ4n) is 2.82. The van der Waals surface area contributed by atoms with Gasteiger partial charge in [0, 0.05) is 13.1 Å². The SMILES string of the molecule is COc1cccc(CN(C)CC(=O)NCCc2ccc(OC)c(OC)c2)c1. The molecule has 0 spiro atoms. The molecule has 0 aliphatic heterocycles. The molecule has 2 aromatic carbocycles. The van der Waals surface area contributed by atoms with Gasteiger partial charge in [-0.15, -0.1) is 0 Å². The Morgan fingerprint density at radius 2 is 1.74 bits per heavy atom. The summed E-state index contributed by atoms with van der Waals surface area (Å²) in [5, 5.41) is 2.96. The van der Waals surface area contributed by atoms with Gasteiger partial charge >= 0.3 is 0 Å². The van der Waals surface area contributed by atoms with Crippen LogP contribution in [0.2, 0.25) is 0 Å². The van der Waals surface area contributed by atoms with Crippen LogP contribution in [0.1, 0.15) is 11.1 Å². The van der Waals surface area contributed by atoms with E-state index >= 15 is 0 Å². The lowest BCUT2D eigenvalue weighted by molar-refractivity contribution is -0.122. The van der Waals surface area contributed by atoms with E-state index in [1.54, 1.807) is 21.3 Å². The summed E-state index contributed by atoms with van der Waals surface area (Å²) in [4.78, 5) is 14.1. The van der Waals surface area contributed by atoms with Gasteiger partial charge in [0.05, 0.1) is 27.9 Å². The number of nitrogens with one attached hydrogen (secondary N) is 1. The Balaban J connectivity index is 1.77. The molecule has 0 fully saturated rings. The molecule has 0 atom stereocenters. The van der Waals surface area contributed by atoms with E-state index in [0.717, 1.165) is 23.3 Å². The maximum absolute atomic E-state index is 12.2. The summed E-state index contributed by atoms with van der Waals surface area (Å²) in [7, 11) is 6.80. The Bertz CT molecular complexity index is 749. The van der Waals surface area contributed by atoms with Crippen LogP contribution in [0.5, 0.6) is 17.2 Å². The van der Waals surface area contributed by atoms with Crippen molar-refractivity contribution in [1.82, 2.24) is 10.2 Å². The topological polar surface area (TPSA) is 60.0 Å². The van der Waals surface area contributed by atoms with Crippen LogP contribution in [0.15, 0.2) is 42.5 Å². The minimum Gasteiger partial charge on any atom is -0.497 e. The Morgan fingerprint density at radius 3 is 2.44 bits per heavy atom. The molecule has 0 aliphatic rings. The summed E-state index contributed by atoms with van der Waals surface area (Å²) in [6, 6.07) is 13.6. The van der Waals surface area contributed by atoms with Gasteiger partial charge < -0.3 is 19.5 Å². The Labute approximate surface area is 161 Å². The predicted molar refractivity (Wildman–Crippen MR) is 106 cm³/mol. The van der Waals surface area contributed by atoms with Crippen molar-refractivity contribution < 1.29 is 19.0 Å². The second-order valence-electron chi connectivity index (χ2n) is 6.31. The Kier molecular flexibility index (Phi) is 7.95. The number of nitrogens with zero attached hydrogens (tertiary/aromatic N) is 1. The van der Waals surface area contributed by atoms with Crippen molar-refractivity contribution in [2.45, 2.75) is 13.0 Å². The number of likely N-dealkylation sites (N-methyl/N-ethyl adjacent to an activating group) is 1. The van der Waals surface area contributed by atoms with Gasteiger partial charge in [0.25, 0.3) is 0 Å². The third-order valence-corrected chi connectivity index (χ3v) is 4.18. The monoisotopic (exact) mass is 372 g/mol. The van der Waals surface area contributed by atoms with E-state index in [-0.39, 0.29) is 5.91 Å². The summed E-state index contributed by atoms with van der Waals surface area (Å²) < 4.78 is 15.8. The second kappa shape index (κ2) is 10.4. The van der Waals surface area contributed by atoms with Crippen molar-refractivity contribution in [3.05, 3.63) is 53.6 Å². The van der Waals surface area contributed by atoms with E-state index < -0.39 is 0 Å². The van der Waals surface area contributed by atoms with Crippen molar-refractivity contribution in [3.8, 4) is 17.2 Å². The first-order chi connectivity index (χ1) is 13.0. The number of amides is 1. The highest BCUT2D eigenvalue weighted by atomic mass is 16.5. The molecule has 0 saturated heterocycles. The molecule has 0 aliphatic carbocycles. The molecule has 1 N–H and O–H groups in total. The largest absolute Gasteiger partial charge is 0.497 e. The summed E-state index contributed by atoms with van der Waals surface area (Å²) in [5.74, 6) is 2.21. The number of hydrogen-bond acceptors (Lipinski definition) is 5. The third-order valence-electron chi connectivity index (χ3n) is 4.18. The average Bonchev–Trinajstić information content (AvgIpc) is 2.67. The lowest BCUT2D eigenvalue weighted by Gasteiger charge is -2.17. The van der Waals surface area contributed by atoms with Gasteiger partial charge in [-0.05, 0) is 48.9 Å². The van der Waals surface area contributed by atoms with Crippen molar-refractivity contribution in [2.75, 3.05) is 41.5 Å². The van der Waals surface area contributed by atoms with Crippen molar-refractivity contribution in [2.24, 2.45) is 0 Å². The number of hydrogen-bond donors (Lipinski definition) is 1. The molecule has 27 heavy (non-hydrogen) atoms. The highest BCUT2D eigenvalue weighted by molar-refractivity contribution is 5.77. The smallest absolute Gasteiger partial charge is 0.234 e. The van der Waals surface area contributed by atoms with Gasteiger partial charge in [-0.2, -0.15) is 0 Å². The third kappa shape index (κ3) is 6.49. The molecule has 0 radical (unpaired) electrons. The van der Waals surface area contributed by atoms with Gasteiger partial charge in [0.1, 0.15) is 5.75 Å². The van der Waals surface area contributed by atoms with E-state index in [1.165, 1.54) is 0 Å². The molecule has 0 unspecified atom stereocenters. The van der Waals surface area contributed by atoms with Gasteiger partial charge in [0.15, 0.2) is 11.5 Å². The molecule has 2 rings (SSSR count). The first-order valence-electron chi connectivity index (χ1n) is 8.84. The highest BCUT2D eigenvalue weighted by Crippen LogP contribution is 2.27. The van der Waals surface area contributed by atoms with E-state index in [2.05, 4.69) is 5.32 Å². The first kappa shape index (κ1) is 20.6. The quantitative estimate of drug-likeness (QED) is 0.694. The molecular formula is C21H28N2O4. The molecule has 2 aromatic rings. The Hall–Kier alpha value is -2.73. The second-order valence-corrected chi connectivity index (χ2v) is 6.31. The molecule has 1 amide bonds. The normalized spacial score (nSPS) is 10.6. The minimum atomic E-state index is 0.000808. The summed E-state index contributed by atoms with van der Waals surface area (Å²) in [5.41, 5.74) is 2.19. The summed E-state index contributed by atoms with van der Waals surface area (Å²) in [6.07, 6.45) is 0.728. The van der Waals surface area contributed by atoms with E-state index in [1.807, 2.05) is 54.4 Å². The fourth-order valence-corrected chi connectivity index (χ4v) is 2.82. The van der Waals surface area contributed by atoms with Crippen molar-refractivity contribution in [3.63, 3.8) is 0 Å². The zero-order chi connectivity index (χ0) is 19.6. The molecule has 0 bridgehead atoms. The molecule has 6 heteroatoms. The van der Waals surface area contributed by atoms with Crippen LogP contribution in [0, 0.1) is 0 Å². The van der Waals surface area contributed by atoms with Crippen LogP contribution in [-0.2, 0) is 17.8 Å². The minimum absolute atomic E-state index is 0.000808. The number of ether oxygens (including phenoxy) is 3. The maximum Gasteiger partial charge on any atom is 0.234 e. The van der Waals surface area contributed by atoms with Crippen LogP contribution < -0.4 is 19.5 Å². The van der Waals surface area contributed by atoms with Crippen LogP contribution in [0.4, 0.5) is 0 Å². The molecule has 146 valence electrons. The number of benzene rings is 2. The summed E-state index contributed by atoms with van der Waals surface area (Å²) >= 11 is 0. The number of methoxy groups -OCH3 is 3. The van der Waals surface area contributed by atoms with Crippen LogP contribution >= 0.6 is 0 Å². The number of carbonyl (C=O) groups excluding carboxylic acids is 1. The molecule has 0 heterocycles. The molecular weight excluding hydrogens is 344 g/mol. The maximum atomic E-state index is 12.2. The van der Waals surface area contributed by atoms with E-state index in [9.17, 15) is 4.79 Å². The molecule has 0 saturated carbocycles. The number of rotatable bonds is 10. The lowest BCUT2D eigenvalue weighted by atomic mass is 10.1. The lowest BCUT2D eigenvalue weighted by Crippen LogP contribution is -2.35. The van der Waals surface area contributed by atoms with Crippen molar-refractivity contribution >= 4 is 5.91 Å². The van der Waals surface area contributed by atoms with Crippen molar-refractivity contribution in [1.29, 1.82) is 0 Å². The number of carbonyl (C=O) groups is 1. The van der Waals surface area contributed by atoms with E-state index in [4.69, 9.17) is 14.2 Å². The highest BCUT2D eigenvalue weighted by Gasteiger charge is 2.08. The van der Waals surface area contributed by atoms with Crippen LogP contribution in [0.25, 0.3) is 0 Å². The summed E-state index contributed by atoms with van der Waals surface area (Å²) in [6.45, 7) is 1.59. The van der Waals surface area contributed by atoms with Crippen LogP contribution in [0.3, 0.4) is 0 Å². The Morgan fingerprint density at radius 1 is 0.963 bits per heavy atom. The molecule has 0 aromatic heterocycles. The zero-order valence-electron chi connectivity index (χ0n) is 16.5. The van der Waals surface area contributed by atoms with Crippen LogP contribution in [-0.4, -0.2) is 52.3 Å². The van der Waals surface area contributed by atoms with Gasteiger partial charge in [-0.1, -0.05) is 18.2 Å². The van der Waals surface area contributed by atoms with E-state index in [0.29, 0.717) is 31.1 Å². The molecule has 6 nitrogen and oxygen atoms in total. The van der Waals surface area contributed by atoms with Gasteiger partial charge in [-0.25, -0.2) is 0 Å². The first-order valence-corrected chi connectivity index (χ1v) is 8.84. The average molecular weight is 372 g/mol. The zero-order valence-corrected chi connectivity index (χ0v) is 16.5. The van der Waals surface area contributed by atoms with Gasteiger partial charge in [-0.3, -0.25) is 9.69 Å². The predicted octanol–water partition coefficient (Wildman–Crippen LogP) is 2.50. The standard InChI is InChI=1S/C21H28N2O4/c1-23(14-17-6-5-7-18(12-17)25-2)15-21(24)22-11-10-16-8-9-19(26-3)20(13-16)27-4/h5-9,12-13H,10-11,14-15H2,1-4H3,(H,22,24). The van der Waals surface area contributed by atoms with Gasteiger partial charge in [0.2, 0.25) is 5.91 Å². The fraction of sp³-hybridized carbons (Fsp3) is 0.381.